The molecule has 3 rings (SSSR count). The molecule has 1 atom stereocenters. The van der Waals surface area contributed by atoms with E-state index in [2.05, 4.69) is 10.3 Å². The van der Waals surface area contributed by atoms with Crippen molar-refractivity contribution in [2.24, 2.45) is 5.92 Å². The van der Waals surface area contributed by atoms with Crippen molar-refractivity contribution in [1.82, 2.24) is 10.3 Å². The summed E-state index contributed by atoms with van der Waals surface area (Å²) in [6.07, 6.45) is 1.90. The van der Waals surface area contributed by atoms with Crippen molar-refractivity contribution >= 4 is 23.3 Å². The molecule has 0 radical (unpaired) electrons. The van der Waals surface area contributed by atoms with Gasteiger partial charge in [-0.1, -0.05) is 0 Å². The summed E-state index contributed by atoms with van der Waals surface area (Å²) in [5, 5.41) is 2.93. The maximum absolute atomic E-state index is 12.6. The predicted molar refractivity (Wildman–Crippen MR) is 110 cm³/mol. The molecule has 1 unspecified atom stereocenters. The number of benzene rings is 1. The maximum atomic E-state index is 12.6. The summed E-state index contributed by atoms with van der Waals surface area (Å²) in [4.78, 5) is 32.9. The molecule has 0 bridgehead atoms. The van der Waals surface area contributed by atoms with E-state index in [0.717, 1.165) is 11.4 Å². The summed E-state index contributed by atoms with van der Waals surface area (Å²) in [6.45, 7) is 0.725. The summed E-state index contributed by atoms with van der Waals surface area (Å²) in [6, 6.07) is 9.08. The highest BCUT2D eigenvalue weighted by Gasteiger charge is 2.35. The molecule has 2 heterocycles. The molecule has 1 saturated heterocycles. The van der Waals surface area contributed by atoms with Crippen molar-refractivity contribution in [1.29, 1.82) is 0 Å². The Bertz CT molecular complexity index is 900. The van der Waals surface area contributed by atoms with Crippen LogP contribution >= 0.6 is 0 Å². The van der Waals surface area contributed by atoms with Gasteiger partial charge in [0.1, 0.15) is 5.82 Å². The van der Waals surface area contributed by atoms with E-state index in [9.17, 15) is 9.59 Å². The minimum atomic E-state index is -0.397. The van der Waals surface area contributed by atoms with Gasteiger partial charge in [0.15, 0.2) is 11.5 Å². The topological polar surface area (TPSA) is 84.0 Å². The minimum Gasteiger partial charge on any atom is -0.493 e. The number of methoxy groups -OCH3 is 2. The van der Waals surface area contributed by atoms with E-state index >= 15 is 0 Å². The molecule has 2 aromatic rings. The zero-order valence-electron chi connectivity index (χ0n) is 17.1. The first kappa shape index (κ1) is 20.4. The molecule has 1 aromatic heterocycles. The van der Waals surface area contributed by atoms with Gasteiger partial charge in [-0.05, 0) is 29.8 Å². The summed E-state index contributed by atoms with van der Waals surface area (Å²) in [7, 11) is 6.93. The molecule has 8 nitrogen and oxygen atoms in total. The van der Waals surface area contributed by atoms with Crippen molar-refractivity contribution < 1.29 is 19.1 Å². The maximum Gasteiger partial charge on any atom is 0.227 e. The first-order valence-corrected chi connectivity index (χ1v) is 9.35. The normalized spacial score (nSPS) is 15.9. The largest absolute Gasteiger partial charge is 0.493 e. The molecule has 1 aliphatic rings. The van der Waals surface area contributed by atoms with Gasteiger partial charge in [0.2, 0.25) is 11.8 Å². The Labute approximate surface area is 170 Å². The van der Waals surface area contributed by atoms with Crippen molar-refractivity contribution in [2.45, 2.75) is 13.0 Å². The van der Waals surface area contributed by atoms with E-state index in [1.165, 1.54) is 0 Å². The SMILES string of the molecule is COc1ccc(N2CC(C(=O)NCc3ccnc(N(C)C)c3)CC2=O)cc1OC. The van der Waals surface area contributed by atoms with Crippen LogP contribution in [-0.2, 0) is 16.1 Å². The molecule has 1 aromatic carbocycles. The Kier molecular flexibility index (Phi) is 6.21. The molecule has 154 valence electrons. The lowest BCUT2D eigenvalue weighted by Crippen LogP contribution is -2.32. The van der Waals surface area contributed by atoms with Gasteiger partial charge >= 0.3 is 0 Å². The monoisotopic (exact) mass is 398 g/mol. The lowest BCUT2D eigenvalue weighted by molar-refractivity contribution is -0.126. The summed E-state index contributed by atoms with van der Waals surface area (Å²) < 4.78 is 10.5. The third kappa shape index (κ3) is 4.59. The highest BCUT2D eigenvalue weighted by Crippen LogP contribution is 2.34. The number of rotatable bonds is 7. The third-order valence-electron chi connectivity index (χ3n) is 4.91. The van der Waals surface area contributed by atoms with Crippen molar-refractivity contribution in [3.8, 4) is 11.5 Å². The predicted octanol–water partition coefficient (Wildman–Crippen LogP) is 1.83. The van der Waals surface area contributed by atoms with Crippen molar-refractivity contribution in [3.05, 3.63) is 42.1 Å². The van der Waals surface area contributed by atoms with Crippen LogP contribution in [0.2, 0.25) is 0 Å². The number of hydrogen-bond donors (Lipinski definition) is 1. The van der Waals surface area contributed by atoms with Gasteiger partial charge in [-0.3, -0.25) is 9.59 Å². The molecule has 0 spiro atoms. The van der Waals surface area contributed by atoms with E-state index in [-0.39, 0.29) is 18.2 Å². The quantitative estimate of drug-likeness (QED) is 0.766. The molecule has 1 fully saturated rings. The van der Waals surface area contributed by atoms with E-state index in [4.69, 9.17) is 9.47 Å². The van der Waals surface area contributed by atoms with Gasteiger partial charge in [0.05, 0.1) is 20.1 Å². The average Bonchev–Trinajstić information content (AvgIpc) is 3.13. The van der Waals surface area contributed by atoms with E-state index in [1.807, 2.05) is 31.1 Å². The Balaban J connectivity index is 1.64. The zero-order chi connectivity index (χ0) is 21.0. The van der Waals surface area contributed by atoms with Crippen molar-refractivity contribution in [3.63, 3.8) is 0 Å². The number of aromatic nitrogens is 1. The number of carbonyl (C=O) groups is 2. The minimum absolute atomic E-state index is 0.0869. The third-order valence-corrected chi connectivity index (χ3v) is 4.91. The van der Waals surface area contributed by atoms with Gasteiger partial charge < -0.3 is 24.6 Å². The fourth-order valence-corrected chi connectivity index (χ4v) is 3.27. The van der Waals surface area contributed by atoms with Gasteiger partial charge in [0, 0.05) is 51.6 Å². The molecule has 8 heteroatoms. The summed E-state index contributed by atoms with van der Waals surface area (Å²) in [5.41, 5.74) is 1.64. The summed E-state index contributed by atoms with van der Waals surface area (Å²) in [5.74, 6) is 1.34. The second-order valence-electron chi connectivity index (χ2n) is 7.08. The van der Waals surface area contributed by atoms with Crippen LogP contribution < -0.4 is 24.6 Å². The van der Waals surface area contributed by atoms with Gasteiger partial charge in [-0.25, -0.2) is 4.98 Å². The second kappa shape index (κ2) is 8.81. The number of ether oxygens (including phenoxy) is 2. The lowest BCUT2D eigenvalue weighted by atomic mass is 10.1. The number of amides is 2. The highest BCUT2D eigenvalue weighted by molar-refractivity contribution is 6.00. The van der Waals surface area contributed by atoms with E-state index in [0.29, 0.717) is 30.3 Å². The number of nitrogens with one attached hydrogen (secondary N) is 1. The van der Waals surface area contributed by atoms with Crippen LogP contribution in [0.15, 0.2) is 36.5 Å². The molecular weight excluding hydrogens is 372 g/mol. The number of hydrogen-bond acceptors (Lipinski definition) is 6. The standard InChI is InChI=1S/C21H26N4O4/c1-24(2)19-9-14(7-8-22-19)12-23-21(27)15-10-20(26)25(13-15)16-5-6-17(28-3)18(11-16)29-4/h5-9,11,15H,10,12-13H2,1-4H3,(H,23,27). The number of nitrogens with zero attached hydrogens (tertiary/aromatic N) is 3. The fourth-order valence-electron chi connectivity index (χ4n) is 3.27. The van der Waals surface area contributed by atoms with Gasteiger partial charge in [-0.15, -0.1) is 0 Å². The number of pyridine rings is 1. The molecule has 0 aliphatic carbocycles. The van der Waals surface area contributed by atoms with Crippen molar-refractivity contribution in [2.75, 3.05) is 44.7 Å². The average molecular weight is 398 g/mol. The molecular formula is C21H26N4O4. The zero-order valence-corrected chi connectivity index (χ0v) is 17.1. The highest BCUT2D eigenvalue weighted by atomic mass is 16.5. The summed E-state index contributed by atoms with van der Waals surface area (Å²) >= 11 is 0. The van der Waals surface area contributed by atoms with Crippen LogP contribution in [0, 0.1) is 5.92 Å². The fraction of sp³-hybridized carbons (Fsp3) is 0.381. The Morgan fingerprint density at radius 3 is 2.66 bits per heavy atom. The molecule has 2 amide bonds. The molecule has 29 heavy (non-hydrogen) atoms. The van der Waals surface area contributed by atoms with Crippen LogP contribution in [0.3, 0.4) is 0 Å². The number of anilines is 2. The smallest absolute Gasteiger partial charge is 0.227 e. The van der Waals surface area contributed by atoms with Crippen LogP contribution in [0.1, 0.15) is 12.0 Å². The molecule has 1 aliphatic heterocycles. The van der Waals surface area contributed by atoms with Gasteiger partial charge in [0.25, 0.3) is 0 Å². The Morgan fingerprint density at radius 2 is 1.97 bits per heavy atom. The molecule has 1 N–H and O–H groups in total. The van der Waals surface area contributed by atoms with Crippen LogP contribution in [0.25, 0.3) is 0 Å². The second-order valence-corrected chi connectivity index (χ2v) is 7.08. The molecule has 0 saturated carbocycles. The Hall–Kier alpha value is -3.29. The van der Waals surface area contributed by atoms with E-state index in [1.54, 1.807) is 43.5 Å². The van der Waals surface area contributed by atoms with E-state index < -0.39 is 5.92 Å². The lowest BCUT2D eigenvalue weighted by Gasteiger charge is -2.18. The van der Waals surface area contributed by atoms with Crippen LogP contribution in [0.4, 0.5) is 11.5 Å². The van der Waals surface area contributed by atoms with Crippen LogP contribution in [-0.4, -0.2) is 51.7 Å². The van der Waals surface area contributed by atoms with Crippen LogP contribution in [0.5, 0.6) is 11.5 Å². The number of carbonyl (C=O) groups excluding carboxylic acids is 2. The Morgan fingerprint density at radius 1 is 1.21 bits per heavy atom. The first-order chi connectivity index (χ1) is 13.9. The van der Waals surface area contributed by atoms with Gasteiger partial charge in [-0.2, -0.15) is 0 Å². The first-order valence-electron chi connectivity index (χ1n) is 9.35.